The number of carbonyl (C=O) groups excluding carboxylic acids is 3. The van der Waals surface area contributed by atoms with Gasteiger partial charge in [0.2, 0.25) is 0 Å². The maximum Gasteiger partial charge on any atom is 0.344 e. The van der Waals surface area contributed by atoms with E-state index in [4.69, 9.17) is 9.47 Å². The molecule has 2 rings (SSSR count). The largest absolute Gasteiger partial charge is 0.482 e. The van der Waals surface area contributed by atoms with E-state index in [1.807, 2.05) is 0 Å². The smallest absolute Gasteiger partial charge is 0.344 e. The Bertz CT molecular complexity index is 594. The van der Waals surface area contributed by atoms with E-state index in [1.165, 1.54) is 0 Å². The van der Waals surface area contributed by atoms with Crippen LogP contribution in [-0.4, -0.2) is 30.3 Å². The van der Waals surface area contributed by atoms with E-state index in [-0.39, 0.29) is 11.8 Å². The van der Waals surface area contributed by atoms with E-state index in [1.54, 1.807) is 37.3 Å². The van der Waals surface area contributed by atoms with Crippen LogP contribution in [0.1, 0.15) is 12.5 Å². The SMILES string of the molecule is CCOC(=O)COc1ccc(C=C2SC(=O)NC2=O)cc1. The second kappa shape index (κ2) is 6.94. The number of hydrogen-bond donors (Lipinski definition) is 1. The standard InChI is InChI=1S/C14H13NO5S/c1-2-19-12(16)8-20-10-5-3-9(4-6-10)7-11-13(17)15-14(18)21-11/h3-7H,2,8H2,1H3,(H,15,17,18). The molecule has 1 aromatic carbocycles. The van der Waals surface area contributed by atoms with Gasteiger partial charge in [0, 0.05) is 0 Å². The number of imide groups is 1. The molecule has 1 aliphatic heterocycles. The molecule has 0 aliphatic carbocycles. The second-order valence-electron chi connectivity index (χ2n) is 4.01. The summed E-state index contributed by atoms with van der Waals surface area (Å²) >= 11 is 0.861. The second-order valence-corrected chi connectivity index (χ2v) is 5.03. The quantitative estimate of drug-likeness (QED) is 0.661. The molecule has 1 aliphatic rings. The van der Waals surface area contributed by atoms with Gasteiger partial charge in [0.05, 0.1) is 11.5 Å². The molecular formula is C14H13NO5S. The highest BCUT2D eigenvalue weighted by Crippen LogP contribution is 2.26. The number of thioether (sulfide) groups is 1. The number of hydrogen-bond acceptors (Lipinski definition) is 6. The van der Waals surface area contributed by atoms with E-state index in [2.05, 4.69) is 5.32 Å². The Labute approximate surface area is 125 Å². The maximum atomic E-state index is 11.4. The molecule has 0 saturated carbocycles. The summed E-state index contributed by atoms with van der Waals surface area (Å²) in [5.74, 6) is -0.307. The molecule has 2 amide bonds. The third kappa shape index (κ3) is 4.35. The van der Waals surface area contributed by atoms with Crippen molar-refractivity contribution in [3.8, 4) is 5.75 Å². The van der Waals surface area contributed by atoms with Gasteiger partial charge in [-0.3, -0.25) is 14.9 Å². The number of benzene rings is 1. The first-order chi connectivity index (χ1) is 10.1. The molecule has 0 spiro atoms. The minimum atomic E-state index is -0.429. The molecule has 1 N–H and O–H groups in total. The molecule has 0 unspecified atom stereocenters. The van der Waals surface area contributed by atoms with Gasteiger partial charge in [0.15, 0.2) is 6.61 Å². The van der Waals surface area contributed by atoms with E-state index in [0.29, 0.717) is 17.3 Å². The van der Waals surface area contributed by atoms with Crippen LogP contribution in [0, 0.1) is 0 Å². The molecule has 6 nitrogen and oxygen atoms in total. The predicted molar refractivity (Wildman–Crippen MR) is 77.7 cm³/mol. The average Bonchev–Trinajstić information content (AvgIpc) is 2.76. The van der Waals surface area contributed by atoms with Crippen molar-refractivity contribution >= 4 is 35.0 Å². The molecule has 0 bridgehead atoms. The average molecular weight is 307 g/mol. The van der Waals surface area contributed by atoms with Crippen LogP contribution in [-0.2, 0) is 14.3 Å². The first-order valence-corrected chi connectivity index (χ1v) is 7.03. The number of amides is 2. The third-order valence-electron chi connectivity index (χ3n) is 2.48. The maximum absolute atomic E-state index is 11.4. The zero-order valence-corrected chi connectivity index (χ0v) is 12.1. The zero-order valence-electron chi connectivity index (χ0n) is 11.3. The first-order valence-electron chi connectivity index (χ1n) is 6.22. The molecule has 110 valence electrons. The molecular weight excluding hydrogens is 294 g/mol. The summed E-state index contributed by atoms with van der Waals surface area (Å²) in [4.78, 5) is 33.9. The Hall–Kier alpha value is -2.28. The van der Waals surface area contributed by atoms with Crippen molar-refractivity contribution in [2.45, 2.75) is 6.92 Å². The van der Waals surface area contributed by atoms with Crippen molar-refractivity contribution in [2.75, 3.05) is 13.2 Å². The topological polar surface area (TPSA) is 81.7 Å². The van der Waals surface area contributed by atoms with E-state index in [9.17, 15) is 14.4 Å². The normalized spacial score (nSPS) is 16.0. The molecule has 21 heavy (non-hydrogen) atoms. The summed E-state index contributed by atoms with van der Waals surface area (Å²) in [5, 5.41) is 1.81. The Balaban J connectivity index is 1.96. The zero-order chi connectivity index (χ0) is 15.2. The molecule has 1 saturated heterocycles. The lowest BCUT2D eigenvalue weighted by atomic mass is 10.2. The van der Waals surface area contributed by atoms with Crippen LogP contribution in [0.15, 0.2) is 29.2 Å². The van der Waals surface area contributed by atoms with Crippen molar-refractivity contribution < 1.29 is 23.9 Å². The third-order valence-corrected chi connectivity index (χ3v) is 3.29. The summed E-state index contributed by atoms with van der Waals surface area (Å²) in [6.45, 7) is 1.89. The minimum Gasteiger partial charge on any atom is -0.482 e. The van der Waals surface area contributed by atoms with E-state index in [0.717, 1.165) is 17.3 Å². The van der Waals surface area contributed by atoms with E-state index >= 15 is 0 Å². The fraction of sp³-hybridized carbons (Fsp3) is 0.214. The van der Waals surface area contributed by atoms with Crippen LogP contribution in [0.5, 0.6) is 5.75 Å². The van der Waals surface area contributed by atoms with Crippen LogP contribution in [0.2, 0.25) is 0 Å². The van der Waals surface area contributed by atoms with Gasteiger partial charge in [0.1, 0.15) is 5.75 Å². The Morgan fingerprint density at radius 1 is 1.29 bits per heavy atom. The lowest BCUT2D eigenvalue weighted by molar-refractivity contribution is -0.145. The predicted octanol–water partition coefficient (Wildman–Crippen LogP) is 1.95. The molecule has 0 atom stereocenters. The van der Waals surface area contributed by atoms with Crippen molar-refractivity contribution in [1.82, 2.24) is 5.32 Å². The highest BCUT2D eigenvalue weighted by atomic mass is 32.2. The lowest BCUT2D eigenvalue weighted by Gasteiger charge is -2.05. The van der Waals surface area contributed by atoms with Gasteiger partial charge >= 0.3 is 5.97 Å². The van der Waals surface area contributed by atoms with Crippen LogP contribution in [0.25, 0.3) is 6.08 Å². The van der Waals surface area contributed by atoms with Crippen LogP contribution < -0.4 is 10.1 Å². The van der Waals surface area contributed by atoms with Gasteiger partial charge in [0.25, 0.3) is 11.1 Å². The van der Waals surface area contributed by atoms with Gasteiger partial charge in [-0.25, -0.2) is 4.79 Å². The summed E-state index contributed by atoms with van der Waals surface area (Å²) in [7, 11) is 0. The summed E-state index contributed by atoms with van der Waals surface area (Å²) in [6, 6.07) is 6.80. The molecule has 0 aromatic heterocycles. The van der Waals surface area contributed by atoms with Gasteiger partial charge < -0.3 is 9.47 Å². The van der Waals surface area contributed by atoms with Crippen LogP contribution >= 0.6 is 11.8 Å². The van der Waals surface area contributed by atoms with Crippen molar-refractivity contribution in [2.24, 2.45) is 0 Å². The first kappa shape index (κ1) is 15.1. The Kier molecular flexibility index (Phi) is 4.99. The Morgan fingerprint density at radius 3 is 2.57 bits per heavy atom. The monoisotopic (exact) mass is 307 g/mol. The molecule has 0 radical (unpaired) electrons. The number of carbonyl (C=O) groups is 3. The highest BCUT2D eigenvalue weighted by molar-refractivity contribution is 8.18. The van der Waals surface area contributed by atoms with Gasteiger partial charge in [-0.15, -0.1) is 0 Å². The van der Waals surface area contributed by atoms with Crippen molar-refractivity contribution in [1.29, 1.82) is 0 Å². The van der Waals surface area contributed by atoms with Crippen LogP contribution in [0.3, 0.4) is 0 Å². The van der Waals surface area contributed by atoms with Crippen molar-refractivity contribution in [3.05, 3.63) is 34.7 Å². The van der Waals surface area contributed by atoms with Gasteiger partial charge in [-0.2, -0.15) is 0 Å². The van der Waals surface area contributed by atoms with Gasteiger partial charge in [-0.05, 0) is 42.5 Å². The van der Waals surface area contributed by atoms with Crippen molar-refractivity contribution in [3.63, 3.8) is 0 Å². The Morgan fingerprint density at radius 2 is 2.00 bits per heavy atom. The van der Waals surface area contributed by atoms with Crippen LogP contribution in [0.4, 0.5) is 4.79 Å². The lowest BCUT2D eigenvalue weighted by Crippen LogP contribution is -2.17. The fourth-order valence-electron chi connectivity index (χ4n) is 1.58. The molecule has 7 heteroatoms. The molecule has 1 aromatic rings. The summed E-state index contributed by atoms with van der Waals surface area (Å²) in [6.07, 6.45) is 1.61. The number of esters is 1. The molecule has 1 fully saturated rings. The highest BCUT2D eigenvalue weighted by Gasteiger charge is 2.24. The summed E-state index contributed by atoms with van der Waals surface area (Å²) in [5.41, 5.74) is 0.755. The van der Waals surface area contributed by atoms with Gasteiger partial charge in [-0.1, -0.05) is 12.1 Å². The molecule has 1 heterocycles. The number of ether oxygens (including phenoxy) is 2. The van der Waals surface area contributed by atoms with E-state index < -0.39 is 11.9 Å². The minimum absolute atomic E-state index is 0.152. The fourth-order valence-corrected chi connectivity index (χ4v) is 2.26. The summed E-state index contributed by atoms with van der Waals surface area (Å²) < 4.78 is 9.99. The number of nitrogens with one attached hydrogen (secondary N) is 1. The number of rotatable bonds is 5.